The van der Waals surface area contributed by atoms with Gasteiger partial charge < -0.3 is 14.6 Å². The number of aliphatic hydroxyl groups is 1. The van der Waals surface area contributed by atoms with Crippen molar-refractivity contribution in [3.05, 3.63) is 0 Å². The third kappa shape index (κ3) is 2.61. The molecule has 6 aliphatic rings. The number of rotatable bonds is 0. The van der Waals surface area contributed by atoms with Crippen molar-refractivity contribution in [2.75, 3.05) is 6.61 Å². The van der Waals surface area contributed by atoms with Crippen molar-refractivity contribution in [3.63, 3.8) is 0 Å². The lowest BCUT2D eigenvalue weighted by atomic mass is 9.44. The fourth-order valence-corrected chi connectivity index (χ4v) is 10.3. The van der Waals surface area contributed by atoms with Gasteiger partial charge in [0.2, 0.25) is 0 Å². The summed E-state index contributed by atoms with van der Waals surface area (Å²) in [4.78, 5) is 0. The molecule has 3 heteroatoms. The van der Waals surface area contributed by atoms with Crippen LogP contribution in [-0.2, 0) is 9.47 Å². The summed E-state index contributed by atoms with van der Waals surface area (Å²) in [7, 11) is 0. The molecule has 170 valence electrons. The van der Waals surface area contributed by atoms with E-state index in [1.807, 2.05) is 0 Å². The van der Waals surface area contributed by atoms with Crippen molar-refractivity contribution in [3.8, 4) is 0 Å². The Morgan fingerprint density at radius 1 is 0.833 bits per heavy atom. The predicted octanol–water partition coefficient (Wildman–Crippen LogP) is 5.79. The number of fused-ring (bicyclic) bond motifs is 7. The summed E-state index contributed by atoms with van der Waals surface area (Å²) in [6.45, 7) is 10.9. The molecule has 6 fully saturated rings. The molecule has 6 rings (SSSR count). The minimum absolute atomic E-state index is 0.0389. The Hall–Kier alpha value is -0.120. The molecule has 12 atom stereocenters. The van der Waals surface area contributed by atoms with Crippen LogP contribution in [0.2, 0.25) is 0 Å². The van der Waals surface area contributed by atoms with Crippen LogP contribution in [0.25, 0.3) is 0 Å². The zero-order chi connectivity index (χ0) is 20.9. The summed E-state index contributed by atoms with van der Waals surface area (Å²) in [6, 6.07) is 0. The molecule has 2 aliphatic heterocycles. The van der Waals surface area contributed by atoms with Gasteiger partial charge in [-0.25, -0.2) is 0 Å². The highest BCUT2D eigenvalue weighted by molar-refractivity contribution is 5.15. The largest absolute Gasteiger partial charge is 0.393 e. The Morgan fingerprint density at radius 2 is 1.63 bits per heavy atom. The van der Waals surface area contributed by atoms with Gasteiger partial charge in [0.15, 0.2) is 5.79 Å². The molecule has 0 radical (unpaired) electrons. The van der Waals surface area contributed by atoms with Gasteiger partial charge in [0, 0.05) is 12.3 Å². The molecule has 4 saturated carbocycles. The van der Waals surface area contributed by atoms with Crippen LogP contribution >= 0.6 is 0 Å². The Balaban J connectivity index is 1.26. The third-order valence-corrected chi connectivity index (χ3v) is 11.9. The molecule has 1 N–H and O–H groups in total. The molecule has 0 aromatic carbocycles. The Kier molecular flexibility index (Phi) is 4.58. The first-order chi connectivity index (χ1) is 14.3. The third-order valence-electron chi connectivity index (χ3n) is 11.9. The first-order valence-corrected chi connectivity index (χ1v) is 13.3. The Bertz CT molecular complexity index is 684. The summed E-state index contributed by atoms with van der Waals surface area (Å²) in [6.07, 6.45) is 12.9. The van der Waals surface area contributed by atoms with Gasteiger partial charge in [-0.05, 0) is 104 Å². The van der Waals surface area contributed by atoms with Gasteiger partial charge in [-0.15, -0.1) is 0 Å². The van der Waals surface area contributed by atoms with E-state index in [1.165, 1.54) is 44.9 Å². The number of hydrogen-bond donors (Lipinski definition) is 1. The highest BCUT2D eigenvalue weighted by Crippen LogP contribution is 2.71. The van der Waals surface area contributed by atoms with Crippen LogP contribution in [0.5, 0.6) is 0 Å². The highest BCUT2D eigenvalue weighted by Gasteiger charge is 2.69. The normalized spacial score (nSPS) is 62.5. The van der Waals surface area contributed by atoms with E-state index in [0.717, 1.165) is 49.5 Å². The molecule has 0 aromatic rings. The van der Waals surface area contributed by atoms with Gasteiger partial charge in [-0.3, -0.25) is 0 Å². The van der Waals surface area contributed by atoms with Crippen LogP contribution in [-0.4, -0.2) is 29.7 Å². The van der Waals surface area contributed by atoms with Gasteiger partial charge in [-0.1, -0.05) is 27.7 Å². The van der Waals surface area contributed by atoms with Gasteiger partial charge in [0.05, 0.1) is 18.8 Å². The maximum Gasteiger partial charge on any atom is 0.171 e. The van der Waals surface area contributed by atoms with Crippen LogP contribution < -0.4 is 0 Å². The van der Waals surface area contributed by atoms with Crippen molar-refractivity contribution in [1.29, 1.82) is 0 Å². The van der Waals surface area contributed by atoms with Gasteiger partial charge in [-0.2, -0.15) is 0 Å². The zero-order valence-electron chi connectivity index (χ0n) is 19.7. The minimum Gasteiger partial charge on any atom is -0.393 e. The van der Waals surface area contributed by atoms with Crippen molar-refractivity contribution in [2.45, 2.75) is 110 Å². The van der Waals surface area contributed by atoms with E-state index in [0.29, 0.717) is 34.7 Å². The second-order valence-electron chi connectivity index (χ2n) is 13.1. The summed E-state index contributed by atoms with van der Waals surface area (Å²) in [5.74, 6) is 4.93. The van der Waals surface area contributed by atoms with Crippen LogP contribution in [0.3, 0.4) is 0 Å². The molecule has 2 heterocycles. The maximum absolute atomic E-state index is 10.3. The molecule has 3 nitrogen and oxygen atoms in total. The van der Waals surface area contributed by atoms with E-state index < -0.39 is 0 Å². The topological polar surface area (TPSA) is 38.7 Å². The van der Waals surface area contributed by atoms with Crippen LogP contribution in [0.1, 0.15) is 91.9 Å². The van der Waals surface area contributed by atoms with E-state index in [2.05, 4.69) is 27.7 Å². The van der Waals surface area contributed by atoms with Crippen LogP contribution in [0.4, 0.5) is 0 Å². The Morgan fingerprint density at radius 3 is 2.40 bits per heavy atom. The standard InChI is InChI=1S/C27H44O3/c1-16-7-12-27(29-15-16)17(2)24-23(30-27)14-22-20-6-5-18-13-19(28)8-10-25(18,3)21(20)9-11-26(22,24)4/h16-24,28H,5-15H2,1-4H3/t16-,17?,18?,19-,20?,21?,22?,23?,24?,25-,26-,27+/m0/s1. The number of hydrogen-bond acceptors (Lipinski definition) is 3. The smallest absolute Gasteiger partial charge is 0.171 e. The predicted molar refractivity (Wildman–Crippen MR) is 118 cm³/mol. The van der Waals surface area contributed by atoms with Crippen molar-refractivity contribution < 1.29 is 14.6 Å². The van der Waals surface area contributed by atoms with E-state index in [-0.39, 0.29) is 11.9 Å². The lowest BCUT2D eigenvalue weighted by Gasteiger charge is -2.61. The lowest BCUT2D eigenvalue weighted by Crippen LogP contribution is -2.55. The zero-order valence-corrected chi connectivity index (χ0v) is 19.7. The molecule has 0 bridgehead atoms. The maximum atomic E-state index is 10.3. The fourth-order valence-electron chi connectivity index (χ4n) is 10.3. The van der Waals surface area contributed by atoms with Gasteiger partial charge in [0.1, 0.15) is 0 Å². The Labute approximate surface area is 183 Å². The molecule has 0 amide bonds. The summed E-state index contributed by atoms with van der Waals surface area (Å²) >= 11 is 0. The molecule has 7 unspecified atom stereocenters. The van der Waals surface area contributed by atoms with E-state index >= 15 is 0 Å². The SMILES string of the molecule is CC1C2C(CC3C4CCC5C[C@@H](O)CC[C@]5(C)C4CC[C@@]32C)O[C@]12CC[C@H](C)CO2. The minimum atomic E-state index is -0.282. The van der Waals surface area contributed by atoms with E-state index in [9.17, 15) is 5.11 Å². The summed E-state index contributed by atoms with van der Waals surface area (Å²) < 4.78 is 13.4. The van der Waals surface area contributed by atoms with Crippen molar-refractivity contribution >= 4 is 0 Å². The first kappa shape index (κ1) is 20.5. The lowest BCUT2D eigenvalue weighted by molar-refractivity contribution is -0.273. The van der Waals surface area contributed by atoms with Crippen LogP contribution in [0.15, 0.2) is 0 Å². The molecule has 2 saturated heterocycles. The quantitative estimate of drug-likeness (QED) is 0.543. The molecule has 30 heavy (non-hydrogen) atoms. The van der Waals surface area contributed by atoms with E-state index in [1.54, 1.807) is 0 Å². The van der Waals surface area contributed by atoms with Crippen molar-refractivity contribution in [2.24, 2.45) is 52.3 Å². The van der Waals surface area contributed by atoms with Gasteiger partial charge in [0.25, 0.3) is 0 Å². The second-order valence-corrected chi connectivity index (χ2v) is 13.1. The monoisotopic (exact) mass is 416 g/mol. The average molecular weight is 417 g/mol. The summed E-state index contributed by atoms with van der Waals surface area (Å²) in [5, 5.41) is 10.3. The first-order valence-electron chi connectivity index (χ1n) is 13.3. The summed E-state index contributed by atoms with van der Waals surface area (Å²) in [5.41, 5.74) is 0.899. The van der Waals surface area contributed by atoms with Crippen LogP contribution in [0, 0.1) is 52.3 Å². The molecular formula is C27H44O3. The average Bonchev–Trinajstić information content (AvgIpc) is 3.16. The number of ether oxygens (including phenoxy) is 2. The van der Waals surface area contributed by atoms with Gasteiger partial charge >= 0.3 is 0 Å². The highest BCUT2D eigenvalue weighted by atomic mass is 16.7. The molecular weight excluding hydrogens is 372 g/mol. The van der Waals surface area contributed by atoms with E-state index in [4.69, 9.17) is 9.47 Å². The number of aliphatic hydroxyl groups excluding tert-OH is 1. The molecule has 0 aromatic heterocycles. The van der Waals surface area contributed by atoms with Crippen molar-refractivity contribution in [1.82, 2.24) is 0 Å². The second kappa shape index (κ2) is 6.70. The fraction of sp³-hybridized carbons (Fsp3) is 1.00. The molecule has 1 spiro atoms. The molecule has 4 aliphatic carbocycles.